The van der Waals surface area contributed by atoms with Crippen LogP contribution in [0.15, 0.2) is 58.7 Å². The minimum absolute atomic E-state index is 0.00154. The van der Waals surface area contributed by atoms with Gasteiger partial charge in [0, 0.05) is 22.3 Å². The van der Waals surface area contributed by atoms with E-state index in [0.717, 1.165) is 43.3 Å². The van der Waals surface area contributed by atoms with E-state index in [1.165, 1.54) is 6.42 Å². The lowest BCUT2D eigenvalue weighted by molar-refractivity contribution is -0.147. The molecule has 0 heterocycles. The van der Waals surface area contributed by atoms with Crippen LogP contribution in [0, 0.1) is 11.3 Å². The SMILES string of the molecule is CC.CC(C)CCCCC1=CC=C(/C=C\C2=CC=C(CCCCC(C)(C)C(=O)O)C2=O)C1=O. The fourth-order valence-corrected chi connectivity index (χ4v) is 3.75. The van der Waals surface area contributed by atoms with E-state index in [2.05, 4.69) is 13.8 Å². The average Bonchev–Trinajstić information content (AvgIpc) is 3.30. The molecular formula is C29H42O4. The second kappa shape index (κ2) is 13.9. The lowest BCUT2D eigenvalue weighted by atomic mass is 9.86. The van der Waals surface area contributed by atoms with Gasteiger partial charge in [0.2, 0.25) is 0 Å². The van der Waals surface area contributed by atoms with E-state index >= 15 is 0 Å². The molecule has 0 fully saturated rings. The number of carbonyl (C=O) groups is 3. The van der Waals surface area contributed by atoms with Crippen molar-refractivity contribution in [1.29, 1.82) is 0 Å². The summed E-state index contributed by atoms with van der Waals surface area (Å²) < 4.78 is 0. The summed E-state index contributed by atoms with van der Waals surface area (Å²) in [6, 6.07) is 0. The largest absolute Gasteiger partial charge is 0.481 e. The Morgan fingerprint density at radius 3 is 1.73 bits per heavy atom. The lowest BCUT2D eigenvalue weighted by Gasteiger charge is -2.18. The van der Waals surface area contributed by atoms with Gasteiger partial charge in [-0.1, -0.05) is 83.4 Å². The quantitative estimate of drug-likeness (QED) is 0.296. The third-order valence-corrected chi connectivity index (χ3v) is 6.03. The van der Waals surface area contributed by atoms with Gasteiger partial charge in [-0.05, 0) is 51.9 Å². The third kappa shape index (κ3) is 9.11. The van der Waals surface area contributed by atoms with E-state index in [-0.39, 0.29) is 11.6 Å². The summed E-state index contributed by atoms with van der Waals surface area (Å²) in [5.74, 6) is -0.0263. The second-order valence-corrected chi connectivity index (χ2v) is 9.66. The minimum atomic E-state index is -0.790. The van der Waals surface area contributed by atoms with Crippen molar-refractivity contribution in [2.45, 2.75) is 92.9 Å². The van der Waals surface area contributed by atoms with E-state index in [4.69, 9.17) is 0 Å². The molecule has 4 heteroatoms. The molecule has 2 aliphatic rings. The summed E-state index contributed by atoms with van der Waals surface area (Å²) in [7, 11) is 0. The summed E-state index contributed by atoms with van der Waals surface area (Å²) in [4.78, 5) is 36.3. The van der Waals surface area contributed by atoms with Crippen molar-refractivity contribution in [3.05, 3.63) is 58.7 Å². The highest BCUT2D eigenvalue weighted by molar-refractivity contribution is 6.15. The van der Waals surface area contributed by atoms with Gasteiger partial charge in [0.15, 0.2) is 11.6 Å². The first-order valence-electron chi connectivity index (χ1n) is 12.4. The second-order valence-electron chi connectivity index (χ2n) is 9.66. The Balaban J connectivity index is 0.00000265. The Hall–Kier alpha value is -2.49. The van der Waals surface area contributed by atoms with Crippen molar-refractivity contribution in [3.63, 3.8) is 0 Å². The Morgan fingerprint density at radius 2 is 1.30 bits per heavy atom. The fourth-order valence-electron chi connectivity index (χ4n) is 3.75. The molecule has 0 radical (unpaired) electrons. The summed E-state index contributed by atoms with van der Waals surface area (Å²) in [5.41, 5.74) is 2.11. The van der Waals surface area contributed by atoms with E-state index in [1.54, 1.807) is 32.1 Å². The van der Waals surface area contributed by atoms with Crippen LogP contribution in [0.4, 0.5) is 0 Å². The molecule has 0 aromatic rings. The molecular weight excluding hydrogens is 412 g/mol. The molecule has 0 aliphatic heterocycles. The van der Waals surface area contributed by atoms with Crippen LogP contribution in [0.5, 0.6) is 0 Å². The van der Waals surface area contributed by atoms with Gasteiger partial charge in [-0.3, -0.25) is 14.4 Å². The standard InChI is InChI=1S/C27H36O4.C2H6/c1-19(2)9-5-6-10-20-12-14-22(24(20)28)16-17-23-15-13-21(25(23)29)11-7-8-18-27(3,4)26(30)31;1-2/h12-17,19H,5-11,18H2,1-4H3,(H,30,31);1-2H3/b17-16-;. The number of allylic oxidation sites excluding steroid dienone is 10. The number of carboxylic acid groups (broad SMARTS) is 1. The highest BCUT2D eigenvalue weighted by Crippen LogP contribution is 2.27. The van der Waals surface area contributed by atoms with Crippen LogP contribution < -0.4 is 0 Å². The molecule has 2 rings (SSSR count). The molecule has 0 unspecified atom stereocenters. The van der Waals surface area contributed by atoms with Crippen molar-refractivity contribution >= 4 is 17.5 Å². The molecule has 2 aliphatic carbocycles. The molecule has 0 amide bonds. The van der Waals surface area contributed by atoms with Crippen LogP contribution in [-0.4, -0.2) is 22.6 Å². The van der Waals surface area contributed by atoms with Gasteiger partial charge in [-0.2, -0.15) is 0 Å². The number of ketones is 2. The average molecular weight is 455 g/mol. The maximum Gasteiger partial charge on any atom is 0.309 e. The normalized spacial score (nSPS) is 16.0. The molecule has 0 spiro atoms. The van der Waals surface area contributed by atoms with Gasteiger partial charge in [-0.25, -0.2) is 0 Å². The van der Waals surface area contributed by atoms with E-state index < -0.39 is 11.4 Å². The van der Waals surface area contributed by atoms with E-state index in [0.29, 0.717) is 29.9 Å². The zero-order valence-electron chi connectivity index (χ0n) is 21.4. The number of carbonyl (C=O) groups excluding carboxylic acids is 2. The van der Waals surface area contributed by atoms with Gasteiger partial charge in [0.25, 0.3) is 0 Å². The Bertz CT molecular complexity index is 860. The van der Waals surface area contributed by atoms with Gasteiger partial charge >= 0.3 is 5.97 Å². The number of rotatable bonds is 13. The van der Waals surface area contributed by atoms with Gasteiger partial charge in [0.1, 0.15) is 0 Å². The number of Topliss-reactive ketones (excluding diaryl/α,β-unsaturated/α-hetero) is 2. The molecule has 0 aromatic heterocycles. The van der Waals surface area contributed by atoms with Crippen LogP contribution >= 0.6 is 0 Å². The zero-order chi connectivity index (χ0) is 25.0. The van der Waals surface area contributed by atoms with Crippen LogP contribution in [-0.2, 0) is 14.4 Å². The third-order valence-electron chi connectivity index (χ3n) is 6.03. The summed E-state index contributed by atoms with van der Waals surface area (Å²) in [6.45, 7) is 11.9. The van der Waals surface area contributed by atoms with Crippen molar-refractivity contribution in [2.75, 3.05) is 0 Å². The van der Waals surface area contributed by atoms with Crippen molar-refractivity contribution < 1.29 is 19.5 Å². The molecule has 33 heavy (non-hydrogen) atoms. The molecule has 1 N–H and O–H groups in total. The van der Waals surface area contributed by atoms with Crippen LogP contribution in [0.25, 0.3) is 0 Å². The number of hydrogen-bond acceptors (Lipinski definition) is 3. The number of unbranched alkanes of at least 4 members (excludes halogenated alkanes) is 2. The van der Waals surface area contributed by atoms with Crippen LogP contribution in [0.1, 0.15) is 92.9 Å². The molecule has 0 aromatic carbocycles. The highest BCUT2D eigenvalue weighted by atomic mass is 16.4. The topological polar surface area (TPSA) is 71.4 Å². The molecule has 0 saturated heterocycles. The van der Waals surface area contributed by atoms with E-state index in [1.807, 2.05) is 32.1 Å². The first-order chi connectivity index (χ1) is 15.6. The van der Waals surface area contributed by atoms with Gasteiger partial charge < -0.3 is 5.11 Å². The maximum absolute atomic E-state index is 12.6. The predicted octanol–water partition coefficient (Wildman–Crippen LogP) is 7.33. The molecule has 182 valence electrons. The van der Waals surface area contributed by atoms with Crippen LogP contribution in [0.3, 0.4) is 0 Å². The monoisotopic (exact) mass is 454 g/mol. The molecule has 0 atom stereocenters. The predicted molar refractivity (Wildman–Crippen MR) is 136 cm³/mol. The van der Waals surface area contributed by atoms with Crippen LogP contribution in [0.2, 0.25) is 0 Å². The van der Waals surface area contributed by atoms with Crippen molar-refractivity contribution in [1.82, 2.24) is 0 Å². The number of hydrogen-bond donors (Lipinski definition) is 1. The molecule has 4 nitrogen and oxygen atoms in total. The molecule has 0 bridgehead atoms. The Labute approximate surface area is 200 Å². The summed E-state index contributed by atoms with van der Waals surface area (Å²) in [6.07, 6.45) is 17.8. The molecule has 0 saturated carbocycles. The highest BCUT2D eigenvalue weighted by Gasteiger charge is 2.26. The smallest absolute Gasteiger partial charge is 0.309 e. The summed E-state index contributed by atoms with van der Waals surface area (Å²) >= 11 is 0. The van der Waals surface area contributed by atoms with Gasteiger partial charge in [0.05, 0.1) is 5.41 Å². The Kier molecular flexibility index (Phi) is 12.0. The van der Waals surface area contributed by atoms with E-state index in [9.17, 15) is 19.5 Å². The lowest BCUT2D eigenvalue weighted by Crippen LogP contribution is -2.23. The first-order valence-corrected chi connectivity index (χ1v) is 12.4. The van der Waals surface area contributed by atoms with Crippen molar-refractivity contribution in [2.24, 2.45) is 11.3 Å². The fraction of sp³-hybridized carbons (Fsp3) is 0.552. The Morgan fingerprint density at radius 1 is 0.848 bits per heavy atom. The number of aliphatic carboxylic acids is 1. The van der Waals surface area contributed by atoms with Crippen molar-refractivity contribution in [3.8, 4) is 0 Å². The minimum Gasteiger partial charge on any atom is -0.481 e. The maximum atomic E-state index is 12.6. The van der Waals surface area contributed by atoms with Gasteiger partial charge in [-0.15, -0.1) is 0 Å². The number of carboxylic acids is 1. The zero-order valence-corrected chi connectivity index (χ0v) is 21.4. The first kappa shape index (κ1) is 28.5. The summed E-state index contributed by atoms with van der Waals surface area (Å²) in [5, 5.41) is 9.17.